The summed E-state index contributed by atoms with van der Waals surface area (Å²) in [5.74, 6) is 0.503. The molecule has 28 heavy (non-hydrogen) atoms. The van der Waals surface area contributed by atoms with Crippen LogP contribution in [0.25, 0.3) is 0 Å². The lowest BCUT2D eigenvalue weighted by Gasteiger charge is -2.24. The third-order valence-electron chi connectivity index (χ3n) is 4.56. The molecule has 0 saturated carbocycles. The second-order valence-corrected chi connectivity index (χ2v) is 6.81. The molecule has 0 radical (unpaired) electrons. The smallest absolute Gasteiger partial charge is 0.317 e. The largest absolute Gasteiger partial charge is 0.481 e. The summed E-state index contributed by atoms with van der Waals surface area (Å²) < 4.78 is 10.7. The Hall–Kier alpha value is -3.22. The normalized spacial score (nSPS) is 13.0. The Kier molecular flexibility index (Phi) is 6.37. The van der Waals surface area contributed by atoms with Gasteiger partial charge in [-0.1, -0.05) is 36.4 Å². The van der Waals surface area contributed by atoms with E-state index in [-0.39, 0.29) is 25.3 Å². The number of ether oxygens (including phenoxy) is 2. The van der Waals surface area contributed by atoms with E-state index < -0.39 is 5.97 Å². The number of nitrogens with zero attached hydrogens (tertiary/aromatic N) is 1. The van der Waals surface area contributed by atoms with Crippen molar-refractivity contribution in [3.63, 3.8) is 0 Å². The molecule has 1 aliphatic rings. The highest BCUT2D eigenvalue weighted by Crippen LogP contribution is 2.32. The molecule has 2 aromatic rings. The predicted molar refractivity (Wildman–Crippen MR) is 103 cm³/mol. The summed E-state index contributed by atoms with van der Waals surface area (Å²) >= 11 is 0. The number of hydrogen-bond acceptors (Lipinski definition) is 4. The molecule has 7 nitrogen and oxygen atoms in total. The molecular weight excluding hydrogens is 360 g/mol. The maximum atomic E-state index is 12.6. The monoisotopic (exact) mass is 384 g/mol. The van der Waals surface area contributed by atoms with Crippen LogP contribution in [0.15, 0.2) is 48.5 Å². The average Bonchev–Trinajstić information content (AvgIpc) is 3.14. The molecule has 2 N–H and O–H groups in total. The van der Waals surface area contributed by atoms with Crippen LogP contribution in [0, 0.1) is 0 Å². The zero-order valence-corrected chi connectivity index (χ0v) is 15.8. The molecule has 0 fully saturated rings. The van der Waals surface area contributed by atoms with Crippen LogP contribution >= 0.6 is 0 Å². The molecule has 0 aromatic heterocycles. The maximum Gasteiger partial charge on any atom is 0.317 e. The number of urea groups is 1. The molecule has 1 atom stereocenters. The van der Waals surface area contributed by atoms with Gasteiger partial charge in [-0.05, 0) is 36.1 Å². The topological polar surface area (TPSA) is 88.1 Å². The van der Waals surface area contributed by atoms with E-state index in [2.05, 4.69) is 5.32 Å². The van der Waals surface area contributed by atoms with E-state index in [1.165, 1.54) is 0 Å². The van der Waals surface area contributed by atoms with Crippen LogP contribution < -0.4 is 14.8 Å². The van der Waals surface area contributed by atoms with Gasteiger partial charge < -0.3 is 24.8 Å². The maximum absolute atomic E-state index is 12.6. The molecule has 2 amide bonds. The van der Waals surface area contributed by atoms with Gasteiger partial charge in [0.1, 0.15) is 0 Å². The van der Waals surface area contributed by atoms with Crippen molar-refractivity contribution in [1.29, 1.82) is 0 Å². The lowest BCUT2D eigenvalue weighted by Crippen LogP contribution is -2.44. The number of carbonyl (C=O) groups excluding carboxylic acids is 1. The summed E-state index contributed by atoms with van der Waals surface area (Å²) in [4.78, 5) is 25.2. The van der Waals surface area contributed by atoms with Crippen molar-refractivity contribution in [3.05, 3.63) is 59.7 Å². The summed E-state index contributed by atoms with van der Waals surface area (Å²) in [6, 6.07) is 14.8. The Morgan fingerprint density at radius 3 is 2.61 bits per heavy atom. The molecule has 1 heterocycles. The minimum Gasteiger partial charge on any atom is -0.481 e. The summed E-state index contributed by atoms with van der Waals surface area (Å²) in [5.41, 5.74) is 1.98. The van der Waals surface area contributed by atoms with Crippen LogP contribution in [0.5, 0.6) is 11.5 Å². The SMILES string of the molecule is CN(Cc1ccc2c(c1)OCO2)C(=O)NC(CCC(=O)O)Cc1ccccc1. The molecule has 1 aliphatic heterocycles. The average molecular weight is 384 g/mol. The van der Waals surface area contributed by atoms with E-state index in [4.69, 9.17) is 14.6 Å². The molecular formula is C21H24N2O5. The van der Waals surface area contributed by atoms with Gasteiger partial charge in [-0.15, -0.1) is 0 Å². The van der Waals surface area contributed by atoms with Crippen LogP contribution in [0.3, 0.4) is 0 Å². The predicted octanol–water partition coefficient (Wildman–Crippen LogP) is 3.03. The number of carboxylic acids is 1. The van der Waals surface area contributed by atoms with Gasteiger partial charge >= 0.3 is 12.0 Å². The standard InChI is InChI=1S/C21H24N2O5/c1-23(13-16-7-9-18-19(12-16)28-14-27-18)21(26)22-17(8-10-20(24)25)11-15-5-3-2-4-6-15/h2-7,9,12,17H,8,10-11,13-14H2,1H3,(H,22,26)(H,24,25). The number of amides is 2. The van der Waals surface area contributed by atoms with E-state index in [1.54, 1.807) is 11.9 Å². The molecule has 0 aliphatic carbocycles. The van der Waals surface area contributed by atoms with Gasteiger partial charge in [0.15, 0.2) is 11.5 Å². The van der Waals surface area contributed by atoms with Crippen LogP contribution in [-0.2, 0) is 17.8 Å². The van der Waals surface area contributed by atoms with Gasteiger partial charge in [0.2, 0.25) is 6.79 Å². The molecule has 7 heteroatoms. The summed E-state index contributed by atoms with van der Waals surface area (Å²) in [7, 11) is 1.71. The van der Waals surface area contributed by atoms with Gasteiger partial charge in [-0.2, -0.15) is 0 Å². The van der Waals surface area contributed by atoms with Gasteiger partial charge in [0.05, 0.1) is 0 Å². The van der Waals surface area contributed by atoms with Gasteiger partial charge in [-0.25, -0.2) is 4.79 Å². The fraction of sp³-hybridized carbons (Fsp3) is 0.333. The van der Waals surface area contributed by atoms with Crippen LogP contribution in [0.1, 0.15) is 24.0 Å². The first-order valence-corrected chi connectivity index (χ1v) is 9.17. The number of aliphatic carboxylic acids is 1. The van der Waals surface area contributed by atoms with E-state index in [9.17, 15) is 9.59 Å². The molecule has 2 aromatic carbocycles. The number of hydrogen-bond donors (Lipinski definition) is 2. The number of carbonyl (C=O) groups is 2. The van der Waals surface area contributed by atoms with E-state index in [1.807, 2.05) is 48.5 Å². The quantitative estimate of drug-likeness (QED) is 0.730. The van der Waals surface area contributed by atoms with Crippen molar-refractivity contribution < 1.29 is 24.2 Å². The van der Waals surface area contributed by atoms with Crippen molar-refractivity contribution in [2.75, 3.05) is 13.8 Å². The zero-order valence-electron chi connectivity index (χ0n) is 15.8. The lowest BCUT2D eigenvalue weighted by atomic mass is 10.0. The van der Waals surface area contributed by atoms with Crippen molar-refractivity contribution in [2.45, 2.75) is 31.8 Å². The van der Waals surface area contributed by atoms with E-state index >= 15 is 0 Å². The Labute approximate surface area is 163 Å². The minimum absolute atomic E-state index is 0.00363. The summed E-state index contributed by atoms with van der Waals surface area (Å²) in [6.45, 7) is 0.610. The molecule has 3 rings (SSSR count). The first kappa shape index (κ1) is 19.5. The van der Waals surface area contributed by atoms with Crippen LogP contribution in [0.2, 0.25) is 0 Å². The second kappa shape index (κ2) is 9.12. The zero-order chi connectivity index (χ0) is 19.9. The second-order valence-electron chi connectivity index (χ2n) is 6.81. The third kappa shape index (κ3) is 5.39. The number of nitrogens with one attached hydrogen (secondary N) is 1. The third-order valence-corrected chi connectivity index (χ3v) is 4.56. The number of fused-ring (bicyclic) bond motifs is 1. The van der Waals surface area contributed by atoms with Crippen molar-refractivity contribution in [2.24, 2.45) is 0 Å². The van der Waals surface area contributed by atoms with Gasteiger partial charge in [0.25, 0.3) is 0 Å². The highest BCUT2D eigenvalue weighted by Gasteiger charge is 2.19. The number of rotatable bonds is 8. The molecule has 148 valence electrons. The molecule has 0 saturated heterocycles. The van der Waals surface area contributed by atoms with Crippen LogP contribution in [0.4, 0.5) is 4.79 Å². The highest BCUT2D eigenvalue weighted by molar-refractivity contribution is 5.74. The van der Waals surface area contributed by atoms with E-state index in [0.717, 1.165) is 11.1 Å². The van der Waals surface area contributed by atoms with Crippen molar-refractivity contribution in [3.8, 4) is 11.5 Å². The molecule has 0 bridgehead atoms. The Balaban J connectivity index is 1.60. The fourth-order valence-corrected chi connectivity index (χ4v) is 3.09. The Morgan fingerprint density at radius 1 is 1.11 bits per heavy atom. The van der Waals surface area contributed by atoms with Crippen molar-refractivity contribution >= 4 is 12.0 Å². The van der Waals surface area contributed by atoms with Gasteiger partial charge in [0, 0.05) is 26.1 Å². The fourth-order valence-electron chi connectivity index (χ4n) is 3.09. The van der Waals surface area contributed by atoms with E-state index in [0.29, 0.717) is 30.9 Å². The Morgan fingerprint density at radius 2 is 1.86 bits per heavy atom. The lowest BCUT2D eigenvalue weighted by molar-refractivity contribution is -0.137. The first-order chi connectivity index (χ1) is 13.5. The minimum atomic E-state index is -0.874. The molecule has 0 spiro atoms. The first-order valence-electron chi connectivity index (χ1n) is 9.17. The Bertz CT molecular complexity index is 825. The molecule has 1 unspecified atom stereocenters. The van der Waals surface area contributed by atoms with Crippen LogP contribution in [-0.4, -0.2) is 41.9 Å². The number of benzene rings is 2. The highest BCUT2D eigenvalue weighted by atomic mass is 16.7. The van der Waals surface area contributed by atoms with Gasteiger partial charge in [-0.3, -0.25) is 4.79 Å². The van der Waals surface area contributed by atoms with Crippen molar-refractivity contribution in [1.82, 2.24) is 10.2 Å². The summed E-state index contributed by atoms with van der Waals surface area (Å²) in [5, 5.41) is 12.0. The number of carboxylic acid groups (broad SMARTS) is 1. The summed E-state index contributed by atoms with van der Waals surface area (Å²) in [6.07, 6.45) is 0.954.